The maximum atomic E-state index is 3.46. The van der Waals surface area contributed by atoms with Crippen molar-refractivity contribution < 1.29 is 0 Å². The first-order valence-corrected chi connectivity index (χ1v) is 7.62. The van der Waals surface area contributed by atoms with E-state index < -0.39 is 0 Å². The van der Waals surface area contributed by atoms with E-state index in [1.165, 1.54) is 24.1 Å². The van der Waals surface area contributed by atoms with Crippen molar-refractivity contribution >= 4 is 0 Å². The van der Waals surface area contributed by atoms with Crippen molar-refractivity contribution in [1.82, 2.24) is 10.2 Å². The predicted molar refractivity (Wildman–Crippen MR) is 82.2 cm³/mol. The minimum Gasteiger partial charge on any atom is -0.312 e. The average molecular weight is 260 g/mol. The molecule has 106 valence electrons. The molecule has 0 spiro atoms. The molecule has 0 radical (unpaired) electrons. The Labute approximate surface area is 118 Å². The smallest absolute Gasteiger partial charge is 0.0239 e. The molecule has 1 aromatic rings. The fourth-order valence-electron chi connectivity index (χ4n) is 2.90. The van der Waals surface area contributed by atoms with E-state index in [2.05, 4.69) is 56.1 Å². The second-order valence-corrected chi connectivity index (χ2v) is 6.40. The SMILES string of the molecule is CC(C)CN(Cc1cccc2c1CCNC2)C(C)C. The zero-order valence-corrected chi connectivity index (χ0v) is 12.9. The van der Waals surface area contributed by atoms with Crippen molar-refractivity contribution in [3.8, 4) is 0 Å². The van der Waals surface area contributed by atoms with E-state index in [4.69, 9.17) is 0 Å². The van der Waals surface area contributed by atoms with Gasteiger partial charge >= 0.3 is 0 Å². The molecule has 19 heavy (non-hydrogen) atoms. The maximum Gasteiger partial charge on any atom is 0.0239 e. The van der Waals surface area contributed by atoms with E-state index in [-0.39, 0.29) is 0 Å². The molecule has 0 aromatic heterocycles. The van der Waals surface area contributed by atoms with Crippen LogP contribution in [0.4, 0.5) is 0 Å². The van der Waals surface area contributed by atoms with Crippen LogP contribution in [0.25, 0.3) is 0 Å². The number of nitrogens with zero attached hydrogens (tertiary/aromatic N) is 1. The van der Waals surface area contributed by atoms with Crippen LogP contribution in [0.2, 0.25) is 0 Å². The zero-order valence-electron chi connectivity index (χ0n) is 12.9. The van der Waals surface area contributed by atoms with E-state index >= 15 is 0 Å². The molecule has 0 amide bonds. The van der Waals surface area contributed by atoms with Crippen molar-refractivity contribution in [2.45, 2.75) is 53.2 Å². The van der Waals surface area contributed by atoms with E-state index in [1.807, 2.05) is 0 Å². The molecule has 2 rings (SSSR count). The lowest BCUT2D eigenvalue weighted by atomic mass is 9.95. The van der Waals surface area contributed by atoms with Gasteiger partial charge in [-0.1, -0.05) is 32.0 Å². The summed E-state index contributed by atoms with van der Waals surface area (Å²) in [4.78, 5) is 2.60. The van der Waals surface area contributed by atoms with Crippen LogP contribution in [0.5, 0.6) is 0 Å². The van der Waals surface area contributed by atoms with Gasteiger partial charge in [0.25, 0.3) is 0 Å². The van der Waals surface area contributed by atoms with Gasteiger partial charge < -0.3 is 5.32 Å². The highest BCUT2D eigenvalue weighted by Crippen LogP contribution is 2.21. The number of rotatable bonds is 5. The molecule has 1 aliphatic rings. The Morgan fingerprint density at radius 2 is 2.00 bits per heavy atom. The Morgan fingerprint density at radius 1 is 1.21 bits per heavy atom. The van der Waals surface area contributed by atoms with Gasteiger partial charge in [0.2, 0.25) is 0 Å². The van der Waals surface area contributed by atoms with E-state index in [0.717, 1.165) is 25.6 Å². The third-order valence-electron chi connectivity index (χ3n) is 3.94. The van der Waals surface area contributed by atoms with Crippen molar-refractivity contribution in [3.63, 3.8) is 0 Å². The third-order valence-corrected chi connectivity index (χ3v) is 3.94. The molecule has 2 heteroatoms. The summed E-state index contributed by atoms with van der Waals surface area (Å²) in [6.45, 7) is 13.7. The third kappa shape index (κ3) is 3.80. The summed E-state index contributed by atoms with van der Waals surface area (Å²) in [6.07, 6.45) is 1.18. The summed E-state index contributed by atoms with van der Waals surface area (Å²) in [7, 11) is 0. The van der Waals surface area contributed by atoms with Gasteiger partial charge in [-0.3, -0.25) is 4.90 Å². The molecule has 0 saturated carbocycles. The van der Waals surface area contributed by atoms with Crippen LogP contribution in [-0.2, 0) is 19.5 Å². The summed E-state index contributed by atoms with van der Waals surface area (Å²) in [5, 5.41) is 3.46. The highest BCUT2D eigenvalue weighted by Gasteiger charge is 2.17. The lowest BCUT2D eigenvalue weighted by molar-refractivity contribution is 0.188. The highest BCUT2D eigenvalue weighted by atomic mass is 15.1. The standard InChI is InChI=1S/C17H28N2/c1-13(2)11-19(14(3)4)12-16-7-5-6-15-10-18-9-8-17(15)16/h5-7,13-14,18H,8-12H2,1-4H3. The van der Waals surface area contributed by atoms with Gasteiger partial charge in [-0.25, -0.2) is 0 Å². The molecule has 1 aliphatic heterocycles. The molecule has 0 atom stereocenters. The highest BCUT2D eigenvalue weighted by molar-refractivity contribution is 5.37. The van der Waals surface area contributed by atoms with Gasteiger partial charge in [-0.2, -0.15) is 0 Å². The van der Waals surface area contributed by atoms with Gasteiger partial charge in [0.1, 0.15) is 0 Å². The molecule has 0 fully saturated rings. The summed E-state index contributed by atoms with van der Waals surface area (Å²) in [5.74, 6) is 0.726. The quantitative estimate of drug-likeness (QED) is 0.874. The topological polar surface area (TPSA) is 15.3 Å². The van der Waals surface area contributed by atoms with Crippen LogP contribution in [-0.4, -0.2) is 24.0 Å². The van der Waals surface area contributed by atoms with Crippen molar-refractivity contribution in [3.05, 3.63) is 34.9 Å². The van der Waals surface area contributed by atoms with Gasteiger partial charge in [-0.05, 0) is 49.4 Å². The zero-order chi connectivity index (χ0) is 13.8. The number of benzene rings is 1. The van der Waals surface area contributed by atoms with Crippen LogP contribution < -0.4 is 5.32 Å². The Balaban J connectivity index is 2.17. The summed E-state index contributed by atoms with van der Waals surface area (Å²) in [5.41, 5.74) is 4.63. The molecule has 0 saturated heterocycles. The van der Waals surface area contributed by atoms with E-state index in [0.29, 0.717) is 6.04 Å². The average Bonchev–Trinajstić information content (AvgIpc) is 2.37. The van der Waals surface area contributed by atoms with E-state index in [1.54, 1.807) is 5.56 Å². The van der Waals surface area contributed by atoms with Gasteiger partial charge in [0, 0.05) is 25.7 Å². The number of nitrogens with one attached hydrogen (secondary N) is 1. The fourth-order valence-corrected chi connectivity index (χ4v) is 2.90. The van der Waals surface area contributed by atoms with Crippen LogP contribution in [0.15, 0.2) is 18.2 Å². The first-order chi connectivity index (χ1) is 9.08. The first kappa shape index (κ1) is 14.5. The molecular weight excluding hydrogens is 232 g/mol. The number of hydrogen-bond acceptors (Lipinski definition) is 2. The molecular formula is C17H28N2. The van der Waals surface area contributed by atoms with Crippen molar-refractivity contribution in [2.24, 2.45) is 5.92 Å². The van der Waals surface area contributed by atoms with Crippen LogP contribution >= 0.6 is 0 Å². The molecule has 2 nitrogen and oxygen atoms in total. The number of fused-ring (bicyclic) bond motifs is 1. The first-order valence-electron chi connectivity index (χ1n) is 7.62. The van der Waals surface area contributed by atoms with Crippen molar-refractivity contribution in [2.75, 3.05) is 13.1 Å². The van der Waals surface area contributed by atoms with Crippen LogP contribution in [0.3, 0.4) is 0 Å². The molecule has 0 unspecified atom stereocenters. The second-order valence-electron chi connectivity index (χ2n) is 6.40. The molecule has 1 aromatic carbocycles. The fraction of sp³-hybridized carbons (Fsp3) is 0.647. The minimum atomic E-state index is 0.611. The van der Waals surface area contributed by atoms with E-state index in [9.17, 15) is 0 Å². The van der Waals surface area contributed by atoms with Crippen molar-refractivity contribution in [1.29, 1.82) is 0 Å². The minimum absolute atomic E-state index is 0.611. The molecule has 0 bridgehead atoms. The van der Waals surface area contributed by atoms with Gasteiger partial charge in [0.05, 0.1) is 0 Å². The molecule has 1 N–H and O–H groups in total. The second kappa shape index (κ2) is 6.53. The summed E-state index contributed by atoms with van der Waals surface area (Å²) < 4.78 is 0. The Bertz CT molecular complexity index is 410. The molecule has 0 aliphatic carbocycles. The summed E-state index contributed by atoms with van der Waals surface area (Å²) >= 11 is 0. The maximum absolute atomic E-state index is 3.46. The lowest BCUT2D eigenvalue weighted by Crippen LogP contribution is -2.34. The summed E-state index contributed by atoms with van der Waals surface area (Å²) in [6, 6.07) is 7.42. The Hall–Kier alpha value is -0.860. The van der Waals surface area contributed by atoms with Crippen LogP contribution in [0, 0.1) is 5.92 Å². The monoisotopic (exact) mass is 260 g/mol. The normalized spacial score (nSPS) is 15.3. The molecule has 1 heterocycles. The van der Waals surface area contributed by atoms with Gasteiger partial charge in [-0.15, -0.1) is 0 Å². The van der Waals surface area contributed by atoms with Crippen LogP contribution in [0.1, 0.15) is 44.4 Å². The largest absolute Gasteiger partial charge is 0.312 e. The Kier molecular flexibility index (Phi) is 5.00. The lowest BCUT2D eigenvalue weighted by Gasteiger charge is -2.30. The number of hydrogen-bond donors (Lipinski definition) is 1. The van der Waals surface area contributed by atoms with Gasteiger partial charge in [0.15, 0.2) is 0 Å². The Morgan fingerprint density at radius 3 is 2.68 bits per heavy atom. The predicted octanol–water partition coefficient (Wildman–Crippen LogP) is 3.20.